The van der Waals surface area contributed by atoms with Gasteiger partial charge in [-0.05, 0) is 11.1 Å². The zero-order valence-corrected chi connectivity index (χ0v) is 10.1. The van der Waals surface area contributed by atoms with Crippen molar-refractivity contribution in [3.05, 3.63) is 90.4 Å². The second-order valence-electron chi connectivity index (χ2n) is 5.02. The van der Waals surface area contributed by atoms with Crippen LogP contribution in [0.25, 0.3) is 0 Å². The average Bonchev–Trinajstić information content (AvgIpc) is 2.76. The minimum atomic E-state index is -0.504. The first-order valence-corrected chi connectivity index (χ1v) is 6.44. The number of benzene rings is 2. The Hall–Kier alpha value is -1.95. The Kier molecular flexibility index (Phi) is 1.77. The van der Waals surface area contributed by atoms with Crippen molar-refractivity contribution in [3.63, 3.8) is 0 Å². The first kappa shape index (κ1) is 9.04. The van der Waals surface area contributed by atoms with Gasteiger partial charge in [-0.2, -0.15) is 0 Å². The molecule has 0 saturated heterocycles. The van der Waals surface area contributed by atoms with E-state index >= 15 is 0 Å². The van der Waals surface area contributed by atoms with Crippen LogP contribution in [0.3, 0.4) is 0 Å². The molecule has 2 aliphatic carbocycles. The van der Waals surface area contributed by atoms with Gasteiger partial charge in [0.05, 0.1) is 24.7 Å². The van der Waals surface area contributed by atoms with Crippen LogP contribution in [-0.2, 0) is 5.41 Å². The highest BCUT2D eigenvalue weighted by atomic mass is 14.7. The molecule has 4 rings (SSSR count). The fraction of sp³-hybridized carbons (Fsp3) is 0.167. The summed E-state index contributed by atoms with van der Waals surface area (Å²) in [5.41, 5.74) is 2.31. The molecule has 2 unspecified atom stereocenters. The molecular weight excluding hydrogens is 216 g/mol. The first-order chi connectivity index (χ1) is 9.30. The normalized spacial score (nSPS) is 31.3. The highest BCUT2D eigenvalue weighted by Crippen LogP contribution is 2.68. The van der Waals surface area contributed by atoms with Crippen LogP contribution in [0.5, 0.6) is 0 Å². The molecule has 0 heterocycles. The lowest BCUT2D eigenvalue weighted by molar-refractivity contribution is 0.749. The van der Waals surface area contributed by atoms with Gasteiger partial charge in [-0.25, -0.2) is 0 Å². The Morgan fingerprint density at radius 2 is 1.44 bits per heavy atom. The first-order valence-electron chi connectivity index (χ1n) is 6.94. The van der Waals surface area contributed by atoms with Crippen LogP contribution in [0.2, 0.25) is 0 Å². The van der Waals surface area contributed by atoms with E-state index in [2.05, 4.69) is 61.0 Å². The average molecular weight is 232 g/mol. The van der Waals surface area contributed by atoms with Crippen LogP contribution < -0.4 is 0 Å². The molecule has 2 aromatic rings. The predicted octanol–water partition coefficient (Wildman–Crippen LogP) is 3.99. The molecule has 0 amide bonds. The van der Waals surface area contributed by atoms with E-state index in [0.717, 1.165) is 0 Å². The van der Waals surface area contributed by atoms with Gasteiger partial charge in [0.2, 0.25) is 0 Å². The topological polar surface area (TPSA) is 0 Å². The number of hydrogen-bond donors (Lipinski definition) is 0. The van der Waals surface area contributed by atoms with Gasteiger partial charge in [0, 0.05) is 12.5 Å². The van der Waals surface area contributed by atoms with E-state index in [4.69, 9.17) is 1.37 Å². The third-order valence-electron chi connectivity index (χ3n) is 4.21. The summed E-state index contributed by atoms with van der Waals surface area (Å²) < 4.78 is 8.82. The second-order valence-corrected chi connectivity index (χ2v) is 5.02. The number of allylic oxidation sites excluding steroid dienone is 2. The van der Waals surface area contributed by atoms with Gasteiger partial charge in [-0.1, -0.05) is 60.7 Å². The smallest absolute Gasteiger partial charge is 0.0622 e. The molecule has 0 N–H and O–H groups in total. The molecule has 0 aliphatic heterocycles. The minimum absolute atomic E-state index is 0.190. The zero-order valence-electron chi connectivity index (χ0n) is 11.1. The molecule has 0 radical (unpaired) electrons. The van der Waals surface area contributed by atoms with E-state index in [1.54, 1.807) is 0 Å². The van der Waals surface area contributed by atoms with E-state index in [9.17, 15) is 0 Å². The quantitative estimate of drug-likeness (QED) is 0.687. The molecule has 0 nitrogen and oxygen atoms in total. The maximum Gasteiger partial charge on any atom is 0.0902 e. The maximum atomic E-state index is 8.82. The molecular formula is C18H15+. The van der Waals surface area contributed by atoms with E-state index in [0.29, 0.717) is 0 Å². The molecule has 86 valence electrons. The van der Waals surface area contributed by atoms with Crippen LogP contribution in [-0.4, -0.2) is 0 Å². The Morgan fingerprint density at radius 3 is 1.89 bits per heavy atom. The van der Waals surface area contributed by atoms with Gasteiger partial charge in [0.25, 0.3) is 0 Å². The standard InChI is InChI=1S/C18H15/c1-3-8-14(9-4-1)18(15-10-5-2-6-11-15)16-12-7-13-17(16)18/h1-13,16-17H/q+1/i16D. The molecule has 2 aromatic carbocycles. The minimum Gasteiger partial charge on any atom is -0.0622 e. The summed E-state index contributed by atoms with van der Waals surface area (Å²) >= 11 is 0. The van der Waals surface area contributed by atoms with E-state index in [1.807, 2.05) is 18.2 Å². The summed E-state index contributed by atoms with van der Waals surface area (Å²) in [6.07, 6.45) is 6.28. The van der Waals surface area contributed by atoms with Crippen LogP contribution in [0.1, 0.15) is 12.5 Å². The van der Waals surface area contributed by atoms with Crippen LogP contribution >= 0.6 is 0 Å². The van der Waals surface area contributed by atoms with Crippen molar-refractivity contribution in [2.45, 2.75) is 5.41 Å². The molecule has 0 spiro atoms. The Labute approximate surface area is 109 Å². The van der Waals surface area contributed by atoms with Gasteiger partial charge in [0.15, 0.2) is 0 Å². The van der Waals surface area contributed by atoms with Crippen molar-refractivity contribution >= 4 is 0 Å². The lowest BCUT2D eigenvalue weighted by Gasteiger charge is -2.17. The lowest BCUT2D eigenvalue weighted by Crippen LogP contribution is -2.15. The van der Waals surface area contributed by atoms with Crippen LogP contribution in [0.15, 0.2) is 72.8 Å². The van der Waals surface area contributed by atoms with Crippen molar-refractivity contribution in [3.8, 4) is 0 Å². The summed E-state index contributed by atoms with van der Waals surface area (Å²) in [5, 5.41) is 0. The summed E-state index contributed by atoms with van der Waals surface area (Å²) in [7, 11) is 0. The van der Waals surface area contributed by atoms with Gasteiger partial charge in [0.1, 0.15) is 0 Å². The third-order valence-corrected chi connectivity index (χ3v) is 4.21. The van der Waals surface area contributed by atoms with Gasteiger partial charge < -0.3 is 0 Å². The molecule has 1 saturated carbocycles. The van der Waals surface area contributed by atoms with Crippen LogP contribution in [0.4, 0.5) is 0 Å². The summed E-state index contributed by atoms with van der Waals surface area (Å²) in [5.74, 6) is -0.236. The fourth-order valence-electron chi connectivity index (χ4n) is 3.39. The van der Waals surface area contributed by atoms with Crippen molar-refractivity contribution in [1.29, 1.82) is 0 Å². The van der Waals surface area contributed by atoms with E-state index in [-0.39, 0.29) is 11.3 Å². The largest absolute Gasteiger partial charge is 0.0902 e. The number of rotatable bonds is 2. The molecule has 2 aliphatic rings. The number of fused-ring (bicyclic) bond motifs is 1. The molecule has 0 bridgehead atoms. The highest BCUT2D eigenvalue weighted by Gasteiger charge is 2.72. The Bertz CT molecular complexity index is 590. The number of hydrogen-bond acceptors (Lipinski definition) is 0. The third kappa shape index (κ3) is 1.13. The maximum absolute atomic E-state index is 8.82. The van der Waals surface area contributed by atoms with Crippen molar-refractivity contribution in [2.24, 2.45) is 11.8 Å². The fourth-order valence-corrected chi connectivity index (χ4v) is 3.39. The predicted molar refractivity (Wildman–Crippen MR) is 74.1 cm³/mol. The summed E-state index contributed by atoms with van der Waals surface area (Å²) in [6.45, 7) is 0. The van der Waals surface area contributed by atoms with Gasteiger partial charge in [-0.3, -0.25) is 0 Å². The Morgan fingerprint density at radius 1 is 0.889 bits per heavy atom. The summed E-state index contributed by atoms with van der Waals surface area (Å²) in [6, 6.07) is 21.0. The van der Waals surface area contributed by atoms with Crippen LogP contribution in [0, 0.1) is 18.2 Å². The SMILES string of the molecule is [2H]C12C=C[CH+]C1C2(c1ccccc1)c1ccccc1. The lowest BCUT2D eigenvalue weighted by atomic mass is 9.82. The van der Waals surface area contributed by atoms with E-state index < -0.39 is 5.89 Å². The second kappa shape index (κ2) is 3.52. The zero-order chi connectivity index (χ0) is 12.9. The summed E-state index contributed by atoms with van der Waals surface area (Å²) in [4.78, 5) is 0. The molecule has 18 heavy (non-hydrogen) atoms. The van der Waals surface area contributed by atoms with Crippen molar-refractivity contribution in [1.82, 2.24) is 0 Å². The molecule has 1 fully saturated rings. The van der Waals surface area contributed by atoms with Crippen molar-refractivity contribution < 1.29 is 1.37 Å². The molecule has 0 heteroatoms. The molecule has 0 aromatic heterocycles. The van der Waals surface area contributed by atoms with Gasteiger partial charge >= 0.3 is 0 Å². The Balaban J connectivity index is 1.95. The molecule has 2 atom stereocenters. The van der Waals surface area contributed by atoms with E-state index in [1.165, 1.54) is 11.1 Å². The van der Waals surface area contributed by atoms with Gasteiger partial charge in [-0.15, -0.1) is 0 Å². The monoisotopic (exact) mass is 232 g/mol. The highest BCUT2D eigenvalue weighted by molar-refractivity contribution is 5.55. The van der Waals surface area contributed by atoms with Crippen molar-refractivity contribution in [2.75, 3.05) is 0 Å².